The predicted octanol–water partition coefficient (Wildman–Crippen LogP) is 3.39. The monoisotopic (exact) mass is 494 g/mol. The van der Waals surface area contributed by atoms with Crippen LogP contribution in [-0.4, -0.2) is 50.0 Å². The lowest BCUT2D eigenvalue weighted by Crippen LogP contribution is -2.38. The van der Waals surface area contributed by atoms with Crippen LogP contribution < -0.4 is 10.6 Å². The van der Waals surface area contributed by atoms with E-state index in [1.54, 1.807) is 11.3 Å². The number of hydrogen-bond acceptors (Lipinski definition) is 4. The molecule has 146 valence electrons. The number of ether oxygens (including phenoxy) is 1. The summed E-state index contributed by atoms with van der Waals surface area (Å²) in [5.41, 5.74) is 0. The fourth-order valence-electron chi connectivity index (χ4n) is 1.80. The normalized spacial score (nSPS) is 12.0. The van der Waals surface area contributed by atoms with Crippen molar-refractivity contribution in [1.29, 1.82) is 0 Å². The van der Waals surface area contributed by atoms with Gasteiger partial charge < -0.3 is 15.4 Å². The summed E-state index contributed by atoms with van der Waals surface area (Å²) in [5.74, 6) is 0.653. The van der Waals surface area contributed by atoms with Crippen LogP contribution in [0.5, 0.6) is 0 Å². The molecule has 0 fully saturated rings. The van der Waals surface area contributed by atoms with Gasteiger partial charge in [0, 0.05) is 43.7 Å². The molecule has 25 heavy (non-hydrogen) atoms. The van der Waals surface area contributed by atoms with Crippen molar-refractivity contribution in [3.05, 3.63) is 16.1 Å². The number of aromatic nitrogens is 1. The average Bonchev–Trinajstić information content (AvgIpc) is 2.97. The van der Waals surface area contributed by atoms with Crippen molar-refractivity contribution < 1.29 is 17.9 Å². The quantitative estimate of drug-likeness (QED) is 0.227. The maximum absolute atomic E-state index is 11.9. The van der Waals surface area contributed by atoms with Crippen molar-refractivity contribution >= 4 is 41.3 Å². The first-order valence-electron chi connectivity index (χ1n) is 8.04. The van der Waals surface area contributed by atoms with Gasteiger partial charge in [-0.2, -0.15) is 13.2 Å². The Morgan fingerprint density at radius 2 is 2.08 bits per heavy atom. The van der Waals surface area contributed by atoms with Gasteiger partial charge >= 0.3 is 6.18 Å². The highest BCUT2D eigenvalue weighted by Crippen LogP contribution is 2.14. The summed E-state index contributed by atoms with van der Waals surface area (Å²) < 4.78 is 40.3. The Labute approximate surface area is 167 Å². The summed E-state index contributed by atoms with van der Waals surface area (Å²) in [6, 6.07) is 0. The number of hydrogen-bond donors (Lipinski definition) is 2. The molecule has 0 saturated carbocycles. The van der Waals surface area contributed by atoms with Gasteiger partial charge in [0.1, 0.15) is 6.61 Å². The first-order chi connectivity index (χ1) is 11.4. The molecule has 0 unspecified atom stereocenters. The van der Waals surface area contributed by atoms with Gasteiger partial charge in [-0.25, -0.2) is 4.98 Å². The van der Waals surface area contributed by atoms with Crippen LogP contribution >= 0.6 is 35.3 Å². The molecule has 0 aliphatic rings. The number of nitrogens with one attached hydrogen (secondary N) is 2. The van der Waals surface area contributed by atoms with Crippen molar-refractivity contribution in [2.45, 2.75) is 39.3 Å². The largest absolute Gasteiger partial charge is 0.411 e. The summed E-state index contributed by atoms with van der Waals surface area (Å²) in [6.07, 6.45) is -0.123. The molecular formula is C15H26F3IN4OS. The van der Waals surface area contributed by atoms with Crippen LogP contribution in [0.1, 0.15) is 30.2 Å². The smallest absolute Gasteiger partial charge is 0.372 e. The molecule has 5 nitrogen and oxygen atoms in total. The molecule has 1 aromatic heterocycles. The summed E-state index contributed by atoms with van der Waals surface area (Å²) in [4.78, 5) is 9.94. The van der Waals surface area contributed by atoms with Crippen LogP contribution in [0.2, 0.25) is 0 Å². The number of halogens is 4. The molecular weight excluding hydrogens is 468 g/mol. The van der Waals surface area contributed by atoms with Crippen LogP contribution in [0.3, 0.4) is 0 Å². The average molecular weight is 494 g/mol. The molecule has 0 spiro atoms. The number of nitrogens with zero attached hydrogens (tertiary/aromatic N) is 2. The summed E-state index contributed by atoms with van der Waals surface area (Å²) in [7, 11) is 0. The molecule has 0 aliphatic carbocycles. The van der Waals surface area contributed by atoms with Gasteiger partial charge in [0.05, 0.1) is 5.01 Å². The number of aryl methyl sites for hydroxylation is 1. The third-order valence-electron chi connectivity index (χ3n) is 2.91. The minimum absolute atomic E-state index is 0. The fraction of sp³-hybridized carbons (Fsp3) is 0.733. The zero-order valence-corrected chi connectivity index (χ0v) is 17.6. The highest BCUT2D eigenvalue weighted by Gasteiger charge is 2.27. The first kappa shape index (κ1) is 24.4. The third-order valence-corrected chi connectivity index (χ3v) is 4.11. The molecule has 0 aromatic carbocycles. The fourth-order valence-corrected chi connectivity index (χ4v) is 2.66. The molecule has 0 aliphatic heterocycles. The van der Waals surface area contributed by atoms with Crippen LogP contribution in [0.4, 0.5) is 13.2 Å². The molecule has 0 radical (unpaired) electrons. The van der Waals surface area contributed by atoms with Gasteiger partial charge in [0.15, 0.2) is 5.96 Å². The van der Waals surface area contributed by atoms with E-state index in [9.17, 15) is 13.2 Å². The second-order valence-corrected chi connectivity index (χ2v) is 6.23. The molecule has 2 N–H and O–H groups in total. The predicted molar refractivity (Wildman–Crippen MR) is 106 cm³/mol. The molecule has 0 amide bonds. The Bertz CT molecular complexity index is 497. The Morgan fingerprint density at radius 3 is 2.68 bits per heavy atom. The highest BCUT2D eigenvalue weighted by atomic mass is 127. The Balaban J connectivity index is 0.00000576. The van der Waals surface area contributed by atoms with Crippen molar-refractivity contribution in [2.24, 2.45) is 4.99 Å². The lowest BCUT2D eigenvalue weighted by Gasteiger charge is -2.11. The van der Waals surface area contributed by atoms with Crippen LogP contribution in [-0.2, 0) is 17.6 Å². The minimum atomic E-state index is -4.27. The molecule has 0 bridgehead atoms. The van der Waals surface area contributed by atoms with Crippen molar-refractivity contribution in [2.75, 3.05) is 32.8 Å². The summed E-state index contributed by atoms with van der Waals surface area (Å²) >= 11 is 1.71. The van der Waals surface area contributed by atoms with Gasteiger partial charge in [-0.05, 0) is 19.8 Å². The van der Waals surface area contributed by atoms with E-state index in [0.717, 1.165) is 17.8 Å². The van der Waals surface area contributed by atoms with E-state index in [-0.39, 0.29) is 30.6 Å². The second kappa shape index (κ2) is 13.6. The Morgan fingerprint density at radius 1 is 1.32 bits per heavy atom. The number of aliphatic imine (C=N–C) groups is 1. The Hall–Kier alpha value is -0.620. The lowest BCUT2D eigenvalue weighted by molar-refractivity contribution is -0.173. The van der Waals surface area contributed by atoms with E-state index >= 15 is 0 Å². The van der Waals surface area contributed by atoms with Gasteiger partial charge in [-0.1, -0.05) is 6.92 Å². The zero-order valence-electron chi connectivity index (χ0n) is 14.5. The van der Waals surface area contributed by atoms with Crippen LogP contribution in [0, 0.1) is 0 Å². The molecule has 0 atom stereocenters. The van der Waals surface area contributed by atoms with Crippen molar-refractivity contribution in [3.63, 3.8) is 0 Å². The zero-order chi connectivity index (χ0) is 17.8. The third kappa shape index (κ3) is 12.4. The molecule has 10 heteroatoms. The standard InChI is InChI=1S/C15H25F3N4OS.HI/c1-3-12-10-22-13(24-12)6-8-21-14(19-4-2)20-7-5-9-23-11-15(16,17)18;/h10H,3-9,11H2,1-2H3,(H2,19,20,21);1H. The molecule has 1 heterocycles. The van der Waals surface area contributed by atoms with Crippen LogP contribution in [0.15, 0.2) is 11.2 Å². The summed E-state index contributed by atoms with van der Waals surface area (Å²) in [5, 5.41) is 7.38. The molecule has 0 saturated heterocycles. The first-order valence-corrected chi connectivity index (χ1v) is 8.86. The highest BCUT2D eigenvalue weighted by molar-refractivity contribution is 14.0. The number of rotatable bonds is 10. The van der Waals surface area contributed by atoms with Gasteiger partial charge in [-0.3, -0.25) is 4.99 Å². The maximum Gasteiger partial charge on any atom is 0.411 e. The molecule has 1 rings (SSSR count). The minimum Gasteiger partial charge on any atom is -0.372 e. The maximum atomic E-state index is 11.9. The van der Waals surface area contributed by atoms with E-state index in [1.165, 1.54) is 4.88 Å². The number of alkyl halides is 3. The summed E-state index contributed by atoms with van der Waals surface area (Å²) in [6.45, 7) is 4.72. The Kier molecular flexibility index (Phi) is 13.2. The number of guanidine groups is 1. The van der Waals surface area contributed by atoms with E-state index in [2.05, 4.69) is 32.3 Å². The van der Waals surface area contributed by atoms with Crippen LogP contribution in [0.25, 0.3) is 0 Å². The van der Waals surface area contributed by atoms with Crippen molar-refractivity contribution in [1.82, 2.24) is 15.6 Å². The van der Waals surface area contributed by atoms with Gasteiger partial charge in [0.25, 0.3) is 0 Å². The van der Waals surface area contributed by atoms with Crippen molar-refractivity contribution in [3.8, 4) is 0 Å². The van der Waals surface area contributed by atoms with Gasteiger partial charge in [-0.15, -0.1) is 35.3 Å². The SMILES string of the molecule is CCNC(=NCCCOCC(F)(F)F)NCCc1ncc(CC)s1.I. The topological polar surface area (TPSA) is 58.5 Å². The van der Waals surface area contributed by atoms with E-state index in [4.69, 9.17) is 0 Å². The van der Waals surface area contributed by atoms with E-state index in [0.29, 0.717) is 32.0 Å². The lowest BCUT2D eigenvalue weighted by atomic mass is 10.4. The van der Waals surface area contributed by atoms with E-state index < -0.39 is 12.8 Å². The van der Waals surface area contributed by atoms with E-state index in [1.807, 2.05) is 13.1 Å². The number of thiazole rings is 1. The van der Waals surface area contributed by atoms with Gasteiger partial charge in [0.2, 0.25) is 0 Å². The second-order valence-electron chi connectivity index (χ2n) is 5.03. The molecule has 1 aromatic rings.